The summed E-state index contributed by atoms with van der Waals surface area (Å²) in [5.74, 6) is 0.518. The Morgan fingerprint density at radius 1 is 1.20 bits per heavy atom. The summed E-state index contributed by atoms with van der Waals surface area (Å²) in [6, 6.07) is 3.64. The Kier molecular flexibility index (Phi) is 4.58. The molecule has 1 saturated carbocycles. The zero-order valence-electron chi connectivity index (χ0n) is 12.3. The third-order valence-corrected chi connectivity index (χ3v) is 5.62. The van der Waals surface area contributed by atoms with Gasteiger partial charge in [-0.1, -0.05) is 25.3 Å². The second kappa shape index (κ2) is 6.04. The van der Waals surface area contributed by atoms with Crippen molar-refractivity contribution in [3.63, 3.8) is 0 Å². The summed E-state index contributed by atoms with van der Waals surface area (Å²) in [4.78, 5) is 0. The highest BCUT2D eigenvalue weighted by Gasteiger charge is 2.22. The van der Waals surface area contributed by atoms with Crippen molar-refractivity contribution in [2.75, 3.05) is 16.2 Å². The van der Waals surface area contributed by atoms with E-state index >= 15 is 0 Å². The van der Waals surface area contributed by atoms with Crippen molar-refractivity contribution in [2.45, 2.75) is 46.0 Å². The van der Waals surface area contributed by atoms with E-state index in [9.17, 15) is 8.42 Å². The maximum absolute atomic E-state index is 12.3. The smallest absolute Gasteiger partial charge is 0.233 e. The third-order valence-electron chi connectivity index (χ3n) is 4.18. The van der Waals surface area contributed by atoms with E-state index in [0.717, 1.165) is 36.8 Å². The van der Waals surface area contributed by atoms with Crippen molar-refractivity contribution in [3.8, 4) is 0 Å². The topological polar surface area (TPSA) is 72.2 Å². The maximum Gasteiger partial charge on any atom is 0.233 e. The van der Waals surface area contributed by atoms with Crippen molar-refractivity contribution in [3.05, 3.63) is 23.3 Å². The van der Waals surface area contributed by atoms with Crippen LogP contribution in [0.4, 0.5) is 11.4 Å². The summed E-state index contributed by atoms with van der Waals surface area (Å²) in [5, 5.41) is 0. The molecule has 0 heterocycles. The van der Waals surface area contributed by atoms with Crippen LogP contribution in [0, 0.1) is 19.8 Å². The Labute approximate surface area is 121 Å². The molecule has 112 valence electrons. The second-order valence-electron chi connectivity index (χ2n) is 5.86. The van der Waals surface area contributed by atoms with Crippen molar-refractivity contribution >= 4 is 21.4 Å². The Morgan fingerprint density at radius 2 is 1.85 bits per heavy atom. The van der Waals surface area contributed by atoms with E-state index in [1.165, 1.54) is 6.42 Å². The molecule has 1 fully saturated rings. The summed E-state index contributed by atoms with van der Waals surface area (Å²) in [7, 11) is -3.29. The quantitative estimate of drug-likeness (QED) is 0.838. The number of rotatable bonds is 4. The normalized spacial score (nSPS) is 17.1. The molecular weight excluding hydrogens is 272 g/mol. The van der Waals surface area contributed by atoms with E-state index in [1.54, 1.807) is 6.07 Å². The van der Waals surface area contributed by atoms with Gasteiger partial charge in [-0.15, -0.1) is 0 Å². The van der Waals surface area contributed by atoms with Crippen molar-refractivity contribution in [1.29, 1.82) is 0 Å². The Bertz CT molecular complexity index is 576. The van der Waals surface area contributed by atoms with Gasteiger partial charge in [-0.3, -0.25) is 4.72 Å². The van der Waals surface area contributed by atoms with Crippen LogP contribution < -0.4 is 10.5 Å². The largest absolute Gasteiger partial charge is 0.398 e. The van der Waals surface area contributed by atoms with Crippen LogP contribution in [0.1, 0.15) is 43.2 Å². The molecular formula is C15H24N2O2S. The molecule has 1 aromatic carbocycles. The SMILES string of the molecule is Cc1ccc(NS(=O)(=O)CC2CCCCC2)c(C)c1N. The molecule has 0 aromatic heterocycles. The molecule has 1 aromatic rings. The summed E-state index contributed by atoms with van der Waals surface area (Å²) in [6.07, 6.45) is 5.58. The highest BCUT2D eigenvalue weighted by molar-refractivity contribution is 7.92. The number of nitrogen functional groups attached to an aromatic ring is 1. The molecule has 5 heteroatoms. The van der Waals surface area contributed by atoms with E-state index in [-0.39, 0.29) is 5.75 Å². The fourth-order valence-corrected chi connectivity index (χ4v) is 4.44. The van der Waals surface area contributed by atoms with Crippen LogP contribution in [-0.2, 0) is 10.0 Å². The monoisotopic (exact) mass is 296 g/mol. The van der Waals surface area contributed by atoms with Crippen molar-refractivity contribution < 1.29 is 8.42 Å². The Hall–Kier alpha value is -1.23. The van der Waals surface area contributed by atoms with Gasteiger partial charge in [0.05, 0.1) is 11.4 Å². The number of hydrogen-bond donors (Lipinski definition) is 2. The van der Waals surface area contributed by atoms with Crippen LogP contribution in [0.25, 0.3) is 0 Å². The summed E-state index contributed by atoms with van der Waals surface area (Å²) >= 11 is 0. The Morgan fingerprint density at radius 3 is 2.50 bits per heavy atom. The summed E-state index contributed by atoms with van der Waals surface area (Å²) < 4.78 is 27.2. The zero-order chi connectivity index (χ0) is 14.8. The predicted octanol–water partition coefficient (Wildman–Crippen LogP) is 3.21. The van der Waals surface area contributed by atoms with Gasteiger partial charge >= 0.3 is 0 Å². The van der Waals surface area contributed by atoms with E-state index in [2.05, 4.69) is 4.72 Å². The van der Waals surface area contributed by atoms with Gasteiger partial charge in [-0.2, -0.15) is 0 Å². The minimum Gasteiger partial charge on any atom is -0.398 e. The fourth-order valence-electron chi connectivity index (χ4n) is 2.85. The number of aryl methyl sites for hydroxylation is 1. The number of benzene rings is 1. The Balaban J connectivity index is 2.10. The fraction of sp³-hybridized carbons (Fsp3) is 0.600. The molecule has 0 saturated heterocycles. The lowest BCUT2D eigenvalue weighted by molar-refractivity contribution is 0.385. The third kappa shape index (κ3) is 3.66. The number of hydrogen-bond acceptors (Lipinski definition) is 3. The van der Waals surface area contributed by atoms with Crippen LogP contribution in [-0.4, -0.2) is 14.2 Å². The number of sulfonamides is 1. The molecule has 0 aliphatic heterocycles. The summed E-state index contributed by atoms with van der Waals surface area (Å²) in [6.45, 7) is 3.77. The first kappa shape index (κ1) is 15.2. The van der Waals surface area contributed by atoms with Gasteiger partial charge in [-0.05, 0) is 49.8 Å². The first-order valence-electron chi connectivity index (χ1n) is 7.25. The van der Waals surface area contributed by atoms with E-state index in [4.69, 9.17) is 5.73 Å². The minimum atomic E-state index is -3.29. The first-order chi connectivity index (χ1) is 9.39. The van der Waals surface area contributed by atoms with Gasteiger partial charge < -0.3 is 5.73 Å². The highest BCUT2D eigenvalue weighted by atomic mass is 32.2. The average Bonchev–Trinajstić information content (AvgIpc) is 2.40. The number of nitrogens with two attached hydrogens (primary N) is 1. The van der Waals surface area contributed by atoms with Crippen LogP contribution in [0.2, 0.25) is 0 Å². The van der Waals surface area contributed by atoms with Crippen LogP contribution in [0.3, 0.4) is 0 Å². The molecule has 0 atom stereocenters. The van der Waals surface area contributed by atoms with E-state index in [1.807, 2.05) is 19.9 Å². The molecule has 1 aliphatic carbocycles. The van der Waals surface area contributed by atoms with Crippen molar-refractivity contribution in [2.24, 2.45) is 5.92 Å². The molecule has 0 unspecified atom stereocenters. The first-order valence-corrected chi connectivity index (χ1v) is 8.90. The van der Waals surface area contributed by atoms with E-state index in [0.29, 0.717) is 17.3 Å². The van der Waals surface area contributed by atoms with E-state index < -0.39 is 10.0 Å². The molecule has 1 aliphatic rings. The predicted molar refractivity (Wildman–Crippen MR) is 84.3 cm³/mol. The van der Waals surface area contributed by atoms with Crippen molar-refractivity contribution in [1.82, 2.24) is 0 Å². The molecule has 0 bridgehead atoms. The van der Waals surface area contributed by atoms with Gasteiger partial charge in [-0.25, -0.2) is 8.42 Å². The number of nitrogens with one attached hydrogen (secondary N) is 1. The molecule has 2 rings (SSSR count). The van der Waals surface area contributed by atoms with Gasteiger partial charge in [0.1, 0.15) is 0 Å². The summed E-state index contributed by atoms with van der Waals surface area (Å²) in [5.41, 5.74) is 8.98. The van der Waals surface area contributed by atoms with Crippen LogP contribution in [0.15, 0.2) is 12.1 Å². The molecule has 0 spiro atoms. The highest BCUT2D eigenvalue weighted by Crippen LogP contribution is 2.28. The van der Waals surface area contributed by atoms with Gasteiger partial charge in [0.2, 0.25) is 10.0 Å². The lowest BCUT2D eigenvalue weighted by Crippen LogP contribution is -2.24. The molecule has 20 heavy (non-hydrogen) atoms. The molecule has 4 nitrogen and oxygen atoms in total. The van der Waals surface area contributed by atoms with Crippen LogP contribution in [0.5, 0.6) is 0 Å². The molecule has 0 radical (unpaired) electrons. The standard InChI is InChI=1S/C15H24N2O2S/c1-11-8-9-14(12(2)15(11)16)17-20(18,19)10-13-6-4-3-5-7-13/h8-9,13,17H,3-7,10,16H2,1-2H3. The minimum absolute atomic E-state index is 0.222. The van der Waals surface area contributed by atoms with Crippen LogP contribution >= 0.6 is 0 Å². The zero-order valence-corrected chi connectivity index (χ0v) is 13.1. The van der Waals surface area contributed by atoms with Gasteiger partial charge in [0.25, 0.3) is 0 Å². The lowest BCUT2D eigenvalue weighted by Gasteiger charge is -2.22. The maximum atomic E-state index is 12.3. The second-order valence-corrected chi connectivity index (χ2v) is 7.62. The number of anilines is 2. The molecule has 3 N–H and O–H groups in total. The lowest BCUT2D eigenvalue weighted by atomic mass is 9.91. The average molecular weight is 296 g/mol. The van der Waals surface area contributed by atoms with Gasteiger partial charge in [0.15, 0.2) is 0 Å². The molecule has 0 amide bonds. The van der Waals surface area contributed by atoms with Gasteiger partial charge in [0, 0.05) is 5.69 Å².